The lowest BCUT2D eigenvalue weighted by Gasteiger charge is -2.10. The first-order chi connectivity index (χ1) is 7.38. The average molecular weight is 227 g/mol. The summed E-state index contributed by atoms with van der Waals surface area (Å²) in [5, 5.41) is 0. The van der Waals surface area contributed by atoms with E-state index in [1.165, 1.54) is 6.92 Å². The number of carbonyl (C=O) groups excluding carboxylic acids is 3. The first kappa shape index (κ1) is 15.0. The Kier molecular flexibility index (Phi) is 6.81. The number of rotatable bonds is 8. The quantitative estimate of drug-likeness (QED) is 0.677. The highest BCUT2D eigenvalue weighted by Crippen LogP contribution is 2.08. The van der Waals surface area contributed by atoms with E-state index in [4.69, 9.17) is 5.73 Å². The van der Waals surface area contributed by atoms with Crippen molar-refractivity contribution in [3.63, 3.8) is 0 Å². The topological polar surface area (TPSA) is 77.2 Å². The Morgan fingerprint density at radius 1 is 1.25 bits per heavy atom. The van der Waals surface area contributed by atoms with Crippen LogP contribution in [-0.2, 0) is 14.4 Å². The van der Waals surface area contributed by atoms with Crippen LogP contribution in [0, 0.1) is 5.92 Å². The number of ketones is 3. The number of nitrogens with two attached hydrogens (primary N) is 1. The lowest BCUT2D eigenvalue weighted by Crippen LogP contribution is -2.30. The normalized spacial score (nSPS) is 14.2. The second-order valence-electron chi connectivity index (χ2n) is 4.22. The molecule has 0 aliphatic carbocycles. The van der Waals surface area contributed by atoms with Gasteiger partial charge < -0.3 is 5.73 Å². The summed E-state index contributed by atoms with van der Waals surface area (Å²) in [5.74, 6) is -0.234. The molecule has 0 aromatic heterocycles. The molecule has 92 valence electrons. The Morgan fingerprint density at radius 2 is 1.81 bits per heavy atom. The predicted octanol–water partition coefficient (Wildman–Crippen LogP) is 1.26. The second-order valence-corrected chi connectivity index (χ2v) is 4.22. The van der Waals surface area contributed by atoms with E-state index in [9.17, 15) is 14.4 Å². The van der Waals surface area contributed by atoms with Crippen LogP contribution in [-0.4, -0.2) is 23.4 Å². The van der Waals surface area contributed by atoms with Crippen LogP contribution >= 0.6 is 0 Å². The van der Waals surface area contributed by atoms with Gasteiger partial charge in [-0.25, -0.2) is 0 Å². The van der Waals surface area contributed by atoms with E-state index in [-0.39, 0.29) is 36.1 Å². The molecule has 2 N–H and O–H groups in total. The molecule has 0 aliphatic heterocycles. The van der Waals surface area contributed by atoms with Gasteiger partial charge in [-0.05, 0) is 13.3 Å². The van der Waals surface area contributed by atoms with Crippen molar-refractivity contribution in [1.29, 1.82) is 0 Å². The van der Waals surface area contributed by atoms with Gasteiger partial charge in [-0.2, -0.15) is 0 Å². The van der Waals surface area contributed by atoms with Crippen LogP contribution in [0.1, 0.15) is 46.5 Å². The largest absolute Gasteiger partial charge is 0.321 e. The average Bonchev–Trinajstić information content (AvgIpc) is 2.24. The van der Waals surface area contributed by atoms with Crippen LogP contribution in [0.5, 0.6) is 0 Å². The summed E-state index contributed by atoms with van der Waals surface area (Å²) in [5.41, 5.74) is 5.60. The first-order valence-electron chi connectivity index (χ1n) is 5.68. The monoisotopic (exact) mass is 227 g/mol. The van der Waals surface area contributed by atoms with Crippen LogP contribution in [0.4, 0.5) is 0 Å². The molecule has 4 heteroatoms. The standard InChI is InChI=1S/C12H21NO3/c1-4-12(16)11(13)6-5-10(15)7-8(2)9(3)14/h8,11H,4-7,13H2,1-3H3. The van der Waals surface area contributed by atoms with E-state index in [0.29, 0.717) is 12.8 Å². The molecule has 0 spiro atoms. The van der Waals surface area contributed by atoms with Gasteiger partial charge in [0.1, 0.15) is 17.3 Å². The Balaban J connectivity index is 3.90. The molecule has 2 unspecified atom stereocenters. The third-order valence-corrected chi connectivity index (χ3v) is 2.72. The van der Waals surface area contributed by atoms with Crippen LogP contribution in [0.25, 0.3) is 0 Å². The SMILES string of the molecule is CCC(=O)C(N)CCC(=O)CC(C)C(C)=O. The van der Waals surface area contributed by atoms with Crippen LogP contribution in [0.15, 0.2) is 0 Å². The summed E-state index contributed by atoms with van der Waals surface area (Å²) in [6.07, 6.45) is 1.32. The van der Waals surface area contributed by atoms with Crippen molar-refractivity contribution in [1.82, 2.24) is 0 Å². The zero-order valence-corrected chi connectivity index (χ0v) is 10.3. The van der Waals surface area contributed by atoms with E-state index in [2.05, 4.69) is 0 Å². The Labute approximate surface area is 96.6 Å². The van der Waals surface area contributed by atoms with Crippen LogP contribution < -0.4 is 5.73 Å². The smallest absolute Gasteiger partial charge is 0.149 e. The third-order valence-electron chi connectivity index (χ3n) is 2.72. The van der Waals surface area contributed by atoms with Gasteiger partial charge in [-0.15, -0.1) is 0 Å². The molecule has 0 amide bonds. The van der Waals surface area contributed by atoms with E-state index in [0.717, 1.165) is 0 Å². The van der Waals surface area contributed by atoms with Gasteiger partial charge in [0.25, 0.3) is 0 Å². The van der Waals surface area contributed by atoms with Crippen molar-refractivity contribution in [3.05, 3.63) is 0 Å². The summed E-state index contributed by atoms with van der Waals surface area (Å²) in [4.78, 5) is 33.6. The lowest BCUT2D eigenvalue weighted by atomic mass is 9.96. The summed E-state index contributed by atoms with van der Waals surface area (Å²) in [6.45, 7) is 4.96. The van der Waals surface area contributed by atoms with Gasteiger partial charge in [-0.3, -0.25) is 14.4 Å². The minimum Gasteiger partial charge on any atom is -0.321 e. The van der Waals surface area contributed by atoms with Crippen LogP contribution in [0.2, 0.25) is 0 Å². The predicted molar refractivity (Wildman–Crippen MR) is 62.0 cm³/mol. The van der Waals surface area contributed by atoms with Crippen molar-refractivity contribution in [2.75, 3.05) is 0 Å². The highest BCUT2D eigenvalue weighted by atomic mass is 16.1. The molecule has 0 aliphatic rings. The van der Waals surface area contributed by atoms with Crippen LogP contribution in [0.3, 0.4) is 0 Å². The van der Waals surface area contributed by atoms with E-state index < -0.39 is 6.04 Å². The maximum absolute atomic E-state index is 11.5. The van der Waals surface area contributed by atoms with Crippen molar-refractivity contribution in [2.45, 2.75) is 52.5 Å². The highest BCUT2D eigenvalue weighted by molar-refractivity contribution is 5.87. The highest BCUT2D eigenvalue weighted by Gasteiger charge is 2.16. The zero-order valence-electron chi connectivity index (χ0n) is 10.3. The number of carbonyl (C=O) groups is 3. The Bertz CT molecular complexity index is 273. The molecule has 16 heavy (non-hydrogen) atoms. The minimum atomic E-state index is -0.540. The molecule has 0 radical (unpaired) electrons. The minimum absolute atomic E-state index is 0.00190. The molecular formula is C12H21NO3. The molecule has 0 rings (SSSR count). The number of hydrogen-bond donors (Lipinski definition) is 1. The molecule has 2 atom stereocenters. The van der Waals surface area contributed by atoms with Crippen molar-refractivity contribution in [3.8, 4) is 0 Å². The summed E-state index contributed by atoms with van der Waals surface area (Å²) < 4.78 is 0. The van der Waals surface area contributed by atoms with E-state index >= 15 is 0 Å². The fraction of sp³-hybridized carbons (Fsp3) is 0.750. The summed E-state index contributed by atoms with van der Waals surface area (Å²) in [7, 11) is 0. The lowest BCUT2D eigenvalue weighted by molar-refractivity contribution is -0.126. The molecule has 0 aromatic carbocycles. The molecule has 0 fully saturated rings. The zero-order chi connectivity index (χ0) is 12.7. The number of Topliss-reactive ketones (excluding diaryl/α,β-unsaturated/α-hetero) is 3. The molecule has 0 saturated heterocycles. The van der Waals surface area contributed by atoms with Crippen molar-refractivity contribution >= 4 is 17.3 Å². The number of hydrogen-bond acceptors (Lipinski definition) is 4. The van der Waals surface area contributed by atoms with Gasteiger partial charge in [0.2, 0.25) is 0 Å². The summed E-state index contributed by atoms with van der Waals surface area (Å²) >= 11 is 0. The van der Waals surface area contributed by atoms with Gasteiger partial charge in [0.15, 0.2) is 0 Å². The van der Waals surface area contributed by atoms with Gasteiger partial charge in [0, 0.05) is 25.2 Å². The first-order valence-corrected chi connectivity index (χ1v) is 5.68. The second kappa shape index (κ2) is 7.28. The van der Waals surface area contributed by atoms with Crippen molar-refractivity contribution < 1.29 is 14.4 Å². The fourth-order valence-electron chi connectivity index (χ4n) is 1.33. The molecule has 0 saturated carbocycles. The van der Waals surface area contributed by atoms with E-state index in [1.807, 2.05) is 0 Å². The van der Waals surface area contributed by atoms with Crippen molar-refractivity contribution in [2.24, 2.45) is 11.7 Å². The van der Waals surface area contributed by atoms with Gasteiger partial charge in [-0.1, -0.05) is 13.8 Å². The van der Waals surface area contributed by atoms with E-state index in [1.54, 1.807) is 13.8 Å². The van der Waals surface area contributed by atoms with Gasteiger partial charge >= 0.3 is 0 Å². The molecule has 4 nitrogen and oxygen atoms in total. The molecule has 0 bridgehead atoms. The summed E-state index contributed by atoms with van der Waals surface area (Å²) in [6, 6.07) is -0.540. The Morgan fingerprint density at radius 3 is 2.25 bits per heavy atom. The molecule has 0 aromatic rings. The molecular weight excluding hydrogens is 206 g/mol. The Hall–Kier alpha value is -1.03. The molecule has 0 heterocycles. The maximum atomic E-state index is 11.5. The fourth-order valence-corrected chi connectivity index (χ4v) is 1.33. The third kappa shape index (κ3) is 5.75. The maximum Gasteiger partial charge on any atom is 0.149 e. The van der Waals surface area contributed by atoms with Gasteiger partial charge in [0.05, 0.1) is 6.04 Å².